The maximum absolute atomic E-state index is 11.9. The highest BCUT2D eigenvalue weighted by atomic mass is 16.7. The molecule has 1 N–H and O–H groups in total. The van der Waals surface area contributed by atoms with Crippen LogP contribution in [0.3, 0.4) is 0 Å². The predicted molar refractivity (Wildman–Crippen MR) is 54.3 cm³/mol. The molecule has 1 atom stereocenters. The van der Waals surface area contributed by atoms with E-state index >= 15 is 0 Å². The molecule has 0 radical (unpaired) electrons. The van der Waals surface area contributed by atoms with Gasteiger partial charge in [0.1, 0.15) is 5.66 Å². The van der Waals surface area contributed by atoms with E-state index in [4.69, 9.17) is 4.84 Å². The number of hydrogen-bond donors (Lipinski definition) is 1. The Hall–Kier alpha value is -0.610. The van der Waals surface area contributed by atoms with Gasteiger partial charge in [-0.3, -0.25) is 14.9 Å². The Morgan fingerprint density at radius 1 is 1.43 bits per heavy atom. The minimum atomic E-state index is -0.427. The molecular weight excluding hydrogens is 180 g/mol. The largest absolute Gasteiger partial charge is 0.281 e. The molecule has 1 heterocycles. The van der Waals surface area contributed by atoms with Crippen LogP contribution in [0.15, 0.2) is 0 Å². The highest BCUT2D eigenvalue weighted by Gasteiger charge is 2.49. The molecule has 0 bridgehead atoms. The quantitative estimate of drug-likeness (QED) is 0.690. The smallest absolute Gasteiger partial charge is 0.265 e. The van der Waals surface area contributed by atoms with Crippen LogP contribution in [0.25, 0.3) is 0 Å². The molecule has 0 aromatic heterocycles. The number of amides is 1. The van der Waals surface area contributed by atoms with Crippen molar-refractivity contribution in [2.45, 2.75) is 46.3 Å². The van der Waals surface area contributed by atoms with Gasteiger partial charge in [0, 0.05) is 0 Å². The van der Waals surface area contributed by atoms with Gasteiger partial charge in [-0.25, -0.2) is 5.06 Å². The zero-order chi connectivity index (χ0) is 11.1. The molecule has 1 fully saturated rings. The summed E-state index contributed by atoms with van der Waals surface area (Å²) in [6.45, 7) is 9.98. The summed E-state index contributed by atoms with van der Waals surface area (Å²) < 4.78 is 0. The van der Waals surface area contributed by atoms with Crippen LogP contribution in [0.5, 0.6) is 0 Å². The third-order valence-corrected chi connectivity index (χ3v) is 2.50. The molecule has 0 aromatic rings. The summed E-state index contributed by atoms with van der Waals surface area (Å²) in [4.78, 5) is 17.0. The van der Waals surface area contributed by atoms with Crippen LogP contribution in [-0.2, 0) is 9.63 Å². The highest BCUT2D eigenvalue weighted by Crippen LogP contribution is 2.30. The second-order valence-corrected chi connectivity index (χ2v) is 5.32. The van der Waals surface area contributed by atoms with Crippen molar-refractivity contribution in [1.29, 1.82) is 0 Å². The second-order valence-electron chi connectivity index (χ2n) is 5.32. The Bertz CT molecular complexity index is 243. The van der Waals surface area contributed by atoms with Crippen LogP contribution >= 0.6 is 0 Å². The molecule has 82 valence electrons. The van der Waals surface area contributed by atoms with Crippen molar-refractivity contribution in [1.82, 2.24) is 10.4 Å². The molecule has 1 saturated heterocycles. The molecule has 1 rings (SSSR count). The van der Waals surface area contributed by atoms with E-state index in [0.29, 0.717) is 0 Å². The van der Waals surface area contributed by atoms with Gasteiger partial charge in [0.2, 0.25) is 0 Å². The molecule has 0 aliphatic carbocycles. The van der Waals surface area contributed by atoms with E-state index in [2.05, 4.69) is 5.32 Å². The van der Waals surface area contributed by atoms with Gasteiger partial charge >= 0.3 is 0 Å². The molecule has 4 nitrogen and oxygen atoms in total. The fourth-order valence-electron chi connectivity index (χ4n) is 1.77. The number of carbonyl (C=O) groups is 1. The van der Waals surface area contributed by atoms with Crippen LogP contribution < -0.4 is 5.32 Å². The Morgan fingerprint density at radius 3 is 2.14 bits per heavy atom. The standard InChI is InChI=1S/C10H20N2O2/c1-9(2,3)7-8(13)12(14-6)10(4,5)11-7/h7,11H,1-6H3/t7-/m1/s1. The van der Waals surface area contributed by atoms with Gasteiger partial charge < -0.3 is 0 Å². The molecule has 4 heteroatoms. The number of hydrogen-bond acceptors (Lipinski definition) is 3. The molecule has 14 heavy (non-hydrogen) atoms. The molecule has 1 aliphatic heterocycles. The van der Waals surface area contributed by atoms with Crippen molar-refractivity contribution in [3.8, 4) is 0 Å². The van der Waals surface area contributed by atoms with Crippen molar-refractivity contribution in [2.75, 3.05) is 7.11 Å². The van der Waals surface area contributed by atoms with Gasteiger partial charge in [-0.05, 0) is 19.3 Å². The van der Waals surface area contributed by atoms with Crippen LogP contribution in [0.2, 0.25) is 0 Å². The minimum Gasteiger partial charge on any atom is -0.281 e. The lowest BCUT2D eigenvalue weighted by Gasteiger charge is -2.28. The summed E-state index contributed by atoms with van der Waals surface area (Å²) in [6, 6.07) is -0.183. The van der Waals surface area contributed by atoms with Crippen molar-refractivity contribution >= 4 is 5.91 Å². The van der Waals surface area contributed by atoms with E-state index in [1.807, 2.05) is 34.6 Å². The lowest BCUT2D eigenvalue weighted by Crippen LogP contribution is -2.48. The van der Waals surface area contributed by atoms with Gasteiger partial charge in [0.25, 0.3) is 5.91 Å². The monoisotopic (exact) mass is 200 g/mol. The van der Waals surface area contributed by atoms with E-state index in [1.54, 1.807) is 0 Å². The lowest BCUT2D eigenvalue weighted by atomic mass is 9.87. The van der Waals surface area contributed by atoms with Crippen molar-refractivity contribution in [2.24, 2.45) is 5.41 Å². The molecule has 0 saturated carbocycles. The topological polar surface area (TPSA) is 41.6 Å². The first kappa shape index (κ1) is 11.5. The summed E-state index contributed by atoms with van der Waals surface area (Å²) in [5, 5.41) is 4.68. The maximum Gasteiger partial charge on any atom is 0.265 e. The van der Waals surface area contributed by atoms with Gasteiger partial charge in [-0.15, -0.1) is 0 Å². The number of nitrogens with zero attached hydrogens (tertiary/aromatic N) is 1. The molecule has 0 aromatic carbocycles. The lowest BCUT2D eigenvalue weighted by molar-refractivity contribution is -0.192. The third-order valence-electron chi connectivity index (χ3n) is 2.50. The minimum absolute atomic E-state index is 0.00463. The molecule has 0 unspecified atom stereocenters. The molecular formula is C10H20N2O2. The van der Waals surface area contributed by atoms with Gasteiger partial charge in [0.05, 0.1) is 13.2 Å². The van der Waals surface area contributed by atoms with E-state index in [9.17, 15) is 4.79 Å². The van der Waals surface area contributed by atoms with Gasteiger partial charge in [-0.1, -0.05) is 20.8 Å². The number of hydroxylamine groups is 2. The maximum atomic E-state index is 11.9. The normalized spacial score (nSPS) is 27.1. The first-order valence-corrected chi connectivity index (χ1v) is 4.86. The predicted octanol–water partition coefficient (Wildman–Crippen LogP) is 1.13. The summed E-state index contributed by atoms with van der Waals surface area (Å²) in [5.41, 5.74) is -0.522. The number of nitrogens with one attached hydrogen (secondary N) is 1. The Labute approximate surface area is 85.6 Å². The van der Waals surface area contributed by atoms with Crippen LogP contribution in [-0.4, -0.2) is 29.8 Å². The van der Waals surface area contributed by atoms with Crippen molar-refractivity contribution < 1.29 is 9.63 Å². The van der Waals surface area contributed by atoms with E-state index in [-0.39, 0.29) is 17.4 Å². The first-order valence-electron chi connectivity index (χ1n) is 4.86. The highest BCUT2D eigenvalue weighted by molar-refractivity contribution is 5.84. The Balaban J connectivity index is 2.94. The Kier molecular flexibility index (Phi) is 2.63. The van der Waals surface area contributed by atoms with Crippen LogP contribution in [0.4, 0.5) is 0 Å². The fourth-order valence-corrected chi connectivity index (χ4v) is 1.77. The summed E-state index contributed by atoms with van der Waals surface area (Å²) in [6.07, 6.45) is 0. The average molecular weight is 200 g/mol. The zero-order valence-electron chi connectivity index (χ0n) is 9.84. The third kappa shape index (κ3) is 1.77. The zero-order valence-corrected chi connectivity index (χ0v) is 9.84. The molecule has 0 spiro atoms. The first-order chi connectivity index (χ1) is 6.20. The van der Waals surface area contributed by atoms with Gasteiger partial charge in [0.15, 0.2) is 0 Å². The van der Waals surface area contributed by atoms with Gasteiger partial charge in [-0.2, -0.15) is 0 Å². The van der Waals surface area contributed by atoms with E-state index in [0.717, 1.165) is 0 Å². The fraction of sp³-hybridized carbons (Fsp3) is 0.900. The van der Waals surface area contributed by atoms with Crippen molar-refractivity contribution in [3.05, 3.63) is 0 Å². The number of carbonyl (C=O) groups excluding carboxylic acids is 1. The Morgan fingerprint density at radius 2 is 1.93 bits per heavy atom. The van der Waals surface area contributed by atoms with Crippen LogP contribution in [0.1, 0.15) is 34.6 Å². The summed E-state index contributed by atoms with van der Waals surface area (Å²) >= 11 is 0. The molecule has 1 amide bonds. The molecule has 1 aliphatic rings. The number of rotatable bonds is 1. The van der Waals surface area contributed by atoms with Crippen molar-refractivity contribution in [3.63, 3.8) is 0 Å². The van der Waals surface area contributed by atoms with E-state index in [1.165, 1.54) is 12.2 Å². The van der Waals surface area contributed by atoms with Crippen LogP contribution in [0, 0.1) is 5.41 Å². The summed E-state index contributed by atoms with van der Waals surface area (Å²) in [7, 11) is 1.52. The van der Waals surface area contributed by atoms with E-state index < -0.39 is 5.66 Å². The second kappa shape index (κ2) is 3.21. The average Bonchev–Trinajstić information content (AvgIpc) is 2.20. The SMILES string of the molecule is CON1C(=O)[C@H](C(C)(C)C)NC1(C)C. The summed E-state index contributed by atoms with van der Waals surface area (Å²) in [5.74, 6) is 0.00463.